The first-order valence-electron chi connectivity index (χ1n) is 9.19. The van der Waals surface area contributed by atoms with E-state index in [9.17, 15) is 4.79 Å². The van der Waals surface area contributed by atoms with Gasteiger partial charge in [-0.3, -0.25) is 4.79 Å². The number of carbonyl (C=O) groups is 1. The molecular weight excluding hydrogens is 356 g/mol. The average Bonchev–Trinajstić information content (AvgIpc) is 2.67. The van der Waals surface area contributed by atoms with Gasteiger partial charge in [0.05, 0.1) is 19.9 Å². The van der Waals surface area contributed by atoms with Gasteiger partial charge in [0.15, 0.2) is 18.1 Å². The van der Waals surface area contributed by atoms with Crippen molar-refractivity contribution in [3.63, 3.8) is 0 Å². The Labute approximate surface area is 166 Å². The molecular formula is C22H28N2O4. The van der Waals surface area contributed by atoms with Crippen molar-refractivity contribution < 1.29 is 19.0 Å². The number of rotatable bonds is 8. The maximum atomic E-state index is 11.9. The lowest BCUT2D eigenvalue weighted by molar-refractivity contribution is -0.123. The molecule has 0 aliphatic heterocycles. The van der Waals surface area contributed by atoms with Crippen LogP contribution in [-0.4, -0.2) is 32.4 Å². The molecule has 0 unspecified atom stereocenters. The summed E-state index contributed by atoms with van der Waals surface area (Å²) < 4.78 is 16.3. The van der Waals surface area contributed by atoms with Crippen LogP contribution in [0.25, 0.3) is 0 Å². The Kier molecular flexibility index (Phi) is 7.44. The van der Waals surface area contributed by atoms with E-state index < -0.39 is 0 Å². The normalized spacial score (nSPS) is 11.3. The molecule has 1 amide bonds. The molecule has 0 saturated carbocycles. The monoisotopic (exact) mass is 384 g/mol. The summed E-state index contributed by atoms with van der Waals surface area (Å²) >= 11 is 0. The Bertz CT molecular complexity index is 808. The zero-order valence-electron chi connectivity index (χ0n) is 17.1. The molecule has 0 spiro atoms. The molecule has 6 nitrogen and oxygen atoms in total. The summed E-state index contributed by atoms with van der Waals surface area (Å²) in [6.45, 7) is 8.79. The second-order valence-corrected chi connectivity index (χ2v) is 7.20. The second kappa shape index (κ2) is 9.78. The molecule has 0 aromatic heterocycles. The second-order valence-electron chi connectivity index (χ2n) is 7.20. The Balaban J connectivity index is 1.85. The Morgan fingerprint density at radius 3 is 2.39 bits per heavy atom. The molecule has 6 heteroatoms. The molecule has 0 radical (unpaired) electrons. The van der Waals surface area contributed by atoms with Crippen LogP contribution < -0.4 is 19.6 Å². The molecule has 0 saturated heterocycles. The van der Waals surface area contributed by atoms with Gasteiger partial charge in [0.25, 0.3) is 5.91 Å². The van der Waals surface area contributed by atoms with E-state index >= 15 is 0 Å². The standard InChI is InChI=1S/C22H28N2O4/c1-6-27-19-12-7-16(13-20(19)26-5)14-23-24-21(25)15-28-18-10-8-17(9-11-18)22(2,3)4/h7-14H,6,15H2,1-5H3,(H,24,25)/b23-14-. The fourth-order valence-corrected chi connectivity index (χ4v) is 2.45. The highest BCUT2D eigenvalue weighted by Gasteiger charge is 2.13. The van der Waals surface area contributed by atoms with Crippen molar-refractivity contribution in [1.82, 2.24) is 5.43 Å². The third-order valence-electron chi connectivity index (χ3n) is 3.98. The van der Waals surface area contributed by atoms with Gasteiger partial charge in [0.1, 0.15) is 5.75 Å². The summed E-state index contributed by atoms with van der Waals surface area (Å²) in [5, 5.41) is 3.95. The Morgan fingerprint density at radius 2 is 1.79 bits per heavy atom. The summed E-state index contributed by atoms with van der Waals surface area (Å²) in [6.07, 6.45) is 1.54. The molecule has 0 aliphatic carbocycles. The van der Waals surface area contributed by atoms with Crippen LogP contribution in [0.4, 0.5) is 0 Å². The van der Waals surface area contributed by atoms with Crippen LogP contribution in [0.5, 0.6) is 17.2 Å². The lowest BCUT2D eigenvalue weighted by atomic mass is 9.87. The van der Waals surface area contributed by atoms with E-state index in [0.717, 1.165) is 5.56 Å². The minimum absolute atomic E-state index is 0.0775. The highest BCUT2D eigenvalue weighted by molar-refractivity contribution is 5.83. The summed E-state index contributed by atoms with van der Waals surface area (Å²) in [4.78, 5) is 11.9. The number of nitrogens with zero attached hydrogens (tertiary/aromatic N) is 1. The third-order valence-corrected chi connectivity index (χ3v) is 3.98. The lowest BCUT2D eigenvalue weighted by Crippen LogP contribution is -2.24. The van der Waals surface area contributed by atoms with Gasteiger partial charge in [0.2, 0.25) is 0 Å². The maximum absolute atomic E-state index is 11.9. The van der Waals surface area contributed by atoms with Crippen molar-refractivity contribution in [2.24, 2.45) is 5.10 Å². The summed E-state index contributed by atoms with van der Waals surface area (Å²) in [6, 6.07) is 13.2. The van der Waals surface area contributed by atoms with Crippen LogP contribution in [0.2, 0.25) is 0 Å². The van der Waals surface area contributed by atoms with Crippen molar-refractivity contribution in [2.45, 2.75) is 33.1 Å². The molecule has 2 aromatic rings. The third kappa shape index (κ3) is 6.30. The fraction of sp³-hybridized carbons (Fsp3) is 0.364. The van der Waals surface area contributed by atoms with E-state index in [1.807, 2.05) is 37.3 Å². The van der Waals surface area contributed by atoms with Crippen molar-refractivity contribution in [2.75, 3.05) is 20.3 Å². The first-order chi connectivity index (χ1) is 13.3. The number of ether oxygens (including phenoxy) is 3. The van der Waals surface area contributed by atoms with E-state index in [1.165, 1.54) is 11.8 Å². The van der Waals surface area contributed by atoms with Crippen LogP contribution in [0.3, 0.4) is 0 Å². The average molecular weight is 384 g/mol. The van der Waals surface area contributed by atoms with Crippen LogP contribution in [0.15, 0.2) is 47.6 Å². The molecule has 2 rings (SSSR count). The van der Waals surface area contributed by atoms with Gasteiger partial charge in [-0.25, -0.2) is 5.43 Å². The first kappa shape index (κ1) is 21.3. The topological polar surface area (TPSA) is 69.2 Å². The molecule has 28 heavy (non-hydrogen) atoms. The highest BCUT2D eigenvalue weighted by Crippen LogP contribution is 2.27. The molecule has 0 aliphatic rings. The van der Waals surface area contributed by atoms with Crippen LogP contribution in [0, 0.1) is 0 Å². The maximum Gasteiger partial charge on any atom is 0.277 e. The minimum Gasteiger partial charge on any atom is -0.493 e. The van der Waals surface area contributed by atoms with E-state index in [4.69, 9.17) is 14.2 Å². The Hall–Kier alpha value is -3.02. The van der Waals surface area contributed by atoms with E-state index in [0.29, 0.717) is 23.9 Å². The van der Waals surface area contributed by atoms with E-state index in [2.05, 4.69) is 31.3 Å². The van der Waals surface area contributed by atoms with Crippen LogP contribution in [-0.2, 0) is 10.2 Å². The van der Waals surface area contributed by atoms with Crippen LogP contribution >= 0.6 is 0 Å². The quantitative estimate of drug-likeness (QED) is 0.553. The molecule has 1 N–H and O–H groups in total. The van der Waals surface area contributed by atoms with E-state index in [-0.39, 0.29) is 17.9 Å². The van der Waals surface area contributed by atoms with Gasteiger partial charge in [-0.05, 0) is 53.8 Å². The zero-order chi connectivity index (χ0) is 20.6. The van der Waals surface area contributed by atoms with Crippen molar-refractivity contribution in [3.05, 3.63) is 53.6 Å². The number of hydrogen-bond donors (Lipinski definition) is 1. The van der Waals surface area contributed by atoms with Gasteiger partial charge in [-0.1, -0.05) is 32.9 Å². The summed E-state index contributed by atoms with van der Waals surface area (Å²) in [5.41, 5.74) is 4.51. The molecule has 0 fully saturated rings. The van der Waals surface area contributed by atoms with Gasteiger partial charge in [-0.2, -0.15) is 5.10 Å². The lowest BCUT2D eigenvalue weighted by Gasteiger charge is -2.19. The predicted molar refractivity (Wildman–Crippen MR) is 111 cm³/mol. The van der Waals surface area contributed by atoms with Crippen molar-refractivity contribution >= 4 is 12.1 Å². The number of nitrogens with one attached hydrogen (secondary N) is 1. The molecule has 0 bridgehead atoms. The minimum atomic E-state index is -0.339. The van der Waals surface area contributed by atoms with Gasteiger partial charge in [0, 0.05) is 0 Å². The van der Waals surface area contributed by atoms with Gasteiger partial charge >= 0.3 is 0 Å². The van der Waals surface area contributed by atoms with Crippen LogP contribution in [0.1, 0.15) is 38.8 Å². The largest absolute Gasteiger partial charge is 0.493 e. The molecule has 150 valence electrons. The van der Waals surface area contributed by atoms with Crippen molar-refractivity contribution in [1.29, 1.82) is 0 Å². The highest BCUT2D eigenvalue weighted by atomic mass is 16.5. The molecule has 0 atom stereocenters. The Morgan fingerprint density at radius 1 is 1.07 bits per heavy atom. The summed E-state index contributed by atoms with van der Waals surface area (Å²) in [7, 11) is 1.58. The number of methoxy groups -OCH3 is 1. The molecule has 0 heterocycles. The van der Waals surface area contributed by atoms with E-state index in [1.54, 1.807) is 19.2 Å². The summed E-state index contributed by atoms with van der Waals surface area (Å²) in [5.74, 6) is 1.58. The number of hydrazone groups is 1. The van der Waals surface area contributed by atoms with Crippen molar-refractivity contribution in [3.8, 4) is 17.2 Å². The number of carbonyl (C=O) groups excluding carboxylic acids is 1. The smallest absolute Gasteiger partial charge is 0.277 e. The number of amides is 1. The zero-order valence-corrected chi connectivity index (χ0v) is 17.1. The van der Waals surface area contributed by atoms with Gasteiger partial charge < -0.3 is 14.2 Å². The SMILES string of the molecule is CCOc1ccc(/C=N\NC(=O)COc2ccc(C(C)(C)C)cc2)cc1OC. The first-order valence-corrected chi connectivity index (χ1v) is 9.19. The number of hydrogen-bond acceptors (Lipinski definition) is 5. The molecule has 2 aromatic carbocycles. The number of benzene rings is 2. The van der Waals surface area contributed by atoms with Gasteiger partial charge in [-0.15, -0.1) is 0 Å². The predicted octanol–water partition coefficient (Wildman–Crippen LogP) is 3.92. The fourth-order valence-electron chi connectivity index (χ4n) is 2.45.